The van der Waals surface area contributed by atoms with E-state index < -0.39 is 17.6 Å². The van der Waals surface area contributed by atoms with Gasteiger partial charge in [-0.3, -0.25) is 10.1 Å². The van der Waals surface area contributed by atoms with Crippen LogP contribution in [0.5, 0.6) is 11.6 Å². The Balaban J connectivity index is 1.75. The number of halogens is 1. The van der Waals surface area contributed by atoms with Crippen LogP contribution in [0, 0.1) is 13.8 Å². The fourth-order valence-electron chi connectivity index (χ4n) is 5.68. The molecule has 4 aromatic rings. The number of carboxylic acid groups (broad SMARTS) is 1. The van der Waals surface area contributed by atoms with Gasteiger partial charge < -0.3 is 19.5 Å². The number of aromatic nitrogens is 1. The molecule has 0 saturated carbocycles. The molecule has 1 amide bonds. The summed E-state index contributed by atoms with van der Waals surface area (Å²) in [6, 6.07) is 23.9. The van der Waals surface area contributed by atoms with Crippen LogP contribution in [-0.2, 0) is 28.1 Å². The van der Waals surface area contributed by atoms with E-state index >= 15 is 0 Å². The van der Waals surface area contributed by atoms with Crippen LogP contribution >= 0.6 is 11.6 Å². The van der Waals surface area contributed by atoms with Crippen molar-refractivity contribution in [3.8, 4) is 11.6 Å². The van der Waals surface area contributed by atoms with Gasteiger partial charge in [-0.25, -0.2) is 9.78 Å². The number of benzene rings is 3. The van der Waals surface area contributed by atoms with Crippen molar-refractivity contribution >= 4 is 29.2 Å². The van der Waals surface area contributed by atoms with E-state index in [2.05, 4.69) is 10.3 Å². The first-order chi connectivity index (χ1) is 20.6. The number of fused-ring (bicyclic) bond motifs is 1. The van der Waals surface area contributed by atoms with E-state index in [1.54, 1.807) is 36.3 Å². The maximum absolute atomic E-state index is 13.9. The van der Waals surface area contributed by atoms with E-state index in [0.29, 0.717) is 33.3 Å². The Bertz CT molecular complexity index is 1640. The Labute approximate surface area is 256 Å². The van der Waals surface area contributed by atoms with Crippen molar-refractivity contribution in [2.24, 2.45) is 0 Å². The van der Waals surface area contributed by atoms with E-state index in [1.807, 2.05) is 75.4 Å². The summed E-state index contributed by atoms with van der Waals surface area (Å²) >= 11 is 6.62. The first-order valence-corrected chi connectivity index (χ1v) is 14.4. The average molecular weight is 600 g/mol. The Morgan fingerprint density at radius 2 is 1.84 bits per heavy atom. The zero-order valence-corrected chi connectivity index (χ0v) is 25.3. The van der Waals surface area contributed by atoms with Gasteiger partial charge in [0, 0.05) is 28.0 Å². The van der Waals surface area contributed by atoms with E-state index in [4.69, 9.17) is 21.1 Å². The van der Waals surface area contributed by atoms with Crippen LogP contribution in [0.2, 0.25) is 5.02 Å². The van der Waals surface area contributed by atoms with Crippen molar-refractivity contribution < 1.29 is 24.2 Å². The van der Waals surface area contributed by atoms with E-state index in [-0.39, 0.29) is 24.9 Å². The number of methoxy groups -OCH3 is 1. The third kappa shape index (κ3) is 6.07. The molecule has 9 heteroatoms. The van der Waals surface area contributed by atoms with Gasteiger partial charge in [0.15, 0.2) is 0 Å². The molecule has 43 heavy (non-hydrogen) atoms. The van der Waals surface area contributed by atoms with Crippen LogP contribution in [0.3, 0.4) is 0 Å². The number of aryl methyl sites for hydroxylation is 3. The van der Waals surface area contributed by atoms with Crippen LogP contribution in [-0.4, -0.2) is 41.7 Å². The highest BCUT2D eigenvalue weighted by atomic mass is 35.5. The molecule has 222 valence electrons. The fourth-order valence-corrected chi connectivity index (χ4v) is 5.85. The summed E-state index contributed by atoms with van der Waals surface area (Å²) in [5, 5.41) is 14.6. The number of amides is 1. The number of carbonyl (C=O) groups excluding carboxylic acids is 1. The Hall–Kier alpha value is -4.40. The second-order valence-corrected chi connectivity index (χ2v) is 11.1. The number of aliphatic carboxylic acids is 1. The topological polar surface area (TPSA) is 101 Å². The molecule has 1 aliphatic heterocycles. The van der Waals surface area contributed by atoms with Gasteiger partial charge in [-0.15, -0.1) is 0 Å². The number of ether oxygens (including phenoxy) is 2. The highest BCUT2D eigenvalue weighted by Crippen LogP contribution is 2.44. The van der Waals surface area contributed by atoms with Crippen molar-refractivity contribution in [2.75, 3.05) is 18.6 Å². The largest absolute Gasteiger partial charge is 0.497 e. The van der Waals surface area contributed by atoms with Gasteiger partial charge >= 0.3 is 5.97 Å². The Kier molecular flexibility index (Phi) is 8.71. The molecule has 1 aromatic heterocycles. The summed E-state index contributed by atoms with van der Waals surface area (Å²) in [6.07, 6.45) is -0.800. The Morgan fingerprint density at radius 3 is 2.51 bits per heavy atom. The summed E-state index contributed by atoms with van der Waals surface area (Å²) in [6.45, 7) is 5.84. The smallest absolute Gasteiger partial charge is 0.347 e. The molecule has 5 rings (SSSR count). The van der Waals surface area contributed by atoms with E-state index in [0.717, 1.165) is 23.1 Å². The van der Waals surface area contributed by atoms with Crippen LogP contribution in [0.15, 0.2) is 78.9 Å². The van der Waals surface area contributed by atoms with Gasteiger partial charge in [-0.05, 0) is 78.9 Å². The number of anilines is 1. The van der Waals surface area contributed by atoms with Gasteiger partial charge in [0.2, 0.25) is 17.9 Å². The lowest BCUT2D eigenvalue weighted by Gasteiger charge is -2.40. The number of nitrogens with zero attached hydrogens (tertiary/aromatic N) is 2. The number of rotatable bonds is 9. The molecular weight excluding hydrogens is 566 g/mol. The van der Waals surface area contributed by atoms with Crippen LogP contribution < -0.4 is 19.7 Å². The van der Waals surface area contributed by atoms with E-state index in [9.17, 15) is 14.7 Å². The summed E-state index contributed by atoms with van der Waals surface area (Å²) < 4.78 is 11.6. The van der Waals surface area contributed by atoms with Gasteiger partial charge in [0.05, 0.1) is 20.2 Å². The predicted molar refractivity (Wildman–Crippen MR) is 166 cm³/mol. The number of carboxylic acids is 1. The summed E-state index contributed by atoms with van der Waals surface area (Å²) in [5.41, 5.74) is 3.59. The third-order valence-corrected chi connectivity index (χ3v) is 7.95. The lowest BCUT2D eigenvalue weighted by molar-refractivity contribution is -0.149. The molecule has 8 nitrogen and oxygen atoms in total. The number of nitrogens with one attached hydrogen (secondary N) is 1. The second-order valence-electron chi connectivity index (χ2n) is 10.7. The normalized spacial score (nSPS) is 17.1. The lowest BCUT2D eigenvalue weighted by atomic mass is 9.76. The molecule has 0 fully saturated rings. The highest BCUT2D eigenvalue weighted by Gasteiger charge is 2.52. The van der Waals surface area contributed by atoms with Crippen molar-refractivity contribution in [1.82, 2.24) is 10.3 Å². The second kappa shape index (κ2) is 12.5. The molecule has 3 aromatic carbocycles. The standard InChI is InChI=1S/C34H34ClN3O5/c1-5-23-7-6-8-25(17-23)34(32(33(40)41)43-30-16-21(2)15-22(3)37-30)28-18-26(35)11-14-29(28)38(31(39)19-36-34)20-24-9-12-27(42-4)13-10-24/h6-18,32,36H,5,19-20H2,1-4H3,(H,40,41)/t32-,34+/m1/s1. The number of pyridine rings is 1. The van der Waals surface area contributed by atoms with Crippen molar-refractivity contribution in [3.05, 3.63) is 117 Å². The number of hydrogen-bond donors (Lipinski definition) is 2. The molecule has 0 saturated heterocycles. The monoisotopic (exact) mass is 599 g/mol. The van der Waals surface area contributed by atoms with E-state index in [1.165, 1.54) is 0 Å². The van der Waals surface area contributed by atoms with Crippen LogP contribution in [0.1, 0.15) is 40.4 Å². The molecule has 1 aliphatic rings. The zero-order valence-electron chi connectivity index (χ0n) is 24.6. The number of carbonyl (C=O) groups is 2. The van der Waals surface area contributed by atoms with Crippen molar-refractivity contribution in [2.45, 2.75) is 45.4 Å². The minimum atomic E-state index is -1.53. The molecule has 2 heterocycles. The first kappa shape index (κ1) is 30.1. The SMILES string of the molecule is CCc1cccc([C@]2([C@H](Oc3cc(C)cc(C)n3)C(=O)O)NCC(=O)N(Cc3ccc(OC)cc3)c3ccc(Cl)cc32)c1. The molecule has 0 unspecified atom stereocenters. The maximum Gasteiger partial charge on any atom is 0.347 e. The number of hydrogen-bond acceptors (Lipinski definition) is 6. The average Bonchev–Trinajstić information content (AvgIpc) is 3.10. The summed E-state index contributed by atoms with van der Waals surface area (Å²) in [5.74, 6) is -0.582. The molecule has 0 aliphatic carbocycles. The fraction of sp³-hybridized carbons (Fsp3) is 0.265. The first-order valence-electron chi connectivity index (χ1n) is 14.1. The quantitative estimate of drug-likeness (QED) is 0.249. The molecule has 0 bridgehead atoms. The van der Waals surface area contributed by atoms with Gasteiger partial charge in [-0.2, -0.15) is 0 Å². The minimum absolute atomic E-state index is 0.160. The maximum atomic E-state index is 13.9. The molecule has 0 radical (unpaired) electrons. The predicted octanol–water partition coefficient (Wildman–Crippen LogP) is 5.84. The summed E-state index contributed by atoms with van der Waals surface area (Å²) in [7, 11) is 1.60. The molecular formula is C34H34ClN3O5. The zero-order chi connectivity index (χ0) is 30.7. The van der Waals surface area contributed by atoms with Gasteiger partial charge in [-0.1, -0.05) is 54.9 Å². The van der Waals surface area contributed by atoms with Gasteiger partial charge in [0.25, 0.3) is 0 Å². The molecule has 0 spiro atoms. The van der Waals surface area contributed by atoms with Crippen LogP contribution in [0.4, 0.5) is 5.69 Å². The molecule has 2 N–H and O–H groups in total. The highest BCUT2D eigenvalue weighted by molar-refractivity contribution is 6.30. The Morgan fingerprint density at radius 1 is 1.07 bits per heavy atom. The van der Waals surface area contributed by atoms with Gasteiger partial charge in [0.1, 0.15) is 11.3 Å². The van der Waals surface area contributed by atoms with Crippen molar-refractivity contribution in [3.63, 3.8) is 0 Å². The molecule has 2 atom stereocenters. The van der Waals surface area contributed by atoms with Crippen LogP contribution in [0.25, 0.3) is 0 Å². The summed E-state index contributed by atoms with van der Waals surface area (Å²) in [4.78, 5) is 33.3. The minimum Gasteiger partial charge on any atom is -0.497 e. The lowest BCUT2D eigenvalue weighted by Crippen LogP contribution is -2.58. The third-order valence-electron chi connectivity index (χ3n) is 7.71. The van der Waals surface area contributed by atoms with Crippen molar-refractivity contribution in [1.29, 1.82) is 0 Å².